The molecule has 1 aliphatic carbocycles. The van der Waals surface area contributed by atoms with E-state index in [1.807, 2.05) is 6.92 Å². The van der Waals surface area contributed by atoms with Crippen LogP contribution >= 0.6 is 0 Å². The van der Waals surface area contributed by atoms with Crippen molar-refractivity contribution in [3.8, 4) is 0 Å². The van der Waals surface area contributed by atoms with E-state index in [4.69, 9.17) is 5.73 Å². The van der Waals surface area contributed by atoms with E-state index in [-0.39, 0.29) is 11.3 Å². The highest BCUT2D eigenvalue weighted by molar-refractivity contribution is 5.81. The van der Waals surface area contributed by atoms with E-state index < -0.39 is 0 Å². The van der Waals surface area contributed by atoms with Crippen LogP contribution in [0.15, 0.2) is 0 Å². The van der Waals surface area contributed by atoms with Gasteiger partial charge >= 0.3 is 0 Å². The van der Waals surface area contributed by atoms with Gasteiger partial charge < -0.3 is 5.73 Å². The lowest BCUT2D eigenvalue weighted by Crippen LogP contribution is -2.46. The number of hydrogen-bond acceptors (Lipinski definition) is 1. The summed E-state index contributed by atoms with van der Waals surface area (Å²) in [4.78, 5) is 10.9. The fourth-order valence-corrected chi connectivity index (χ4v) is 1.94. The van der Waals surface area contributed by atoms with E-state index in [1.165, 1.54) is 0 Å². The smallest absolute Gasteiger partial charge is 0.223 e. The predicted octanol–water partition coefficient (Wildman–Crippen LogP) is 1.30. The summed E-state index contributed by atoms with van der Waals surface area (Å²) in [6.45, 7) is 4.20. The molecule has 0 atom stereocenters. The SMILES string of the molecule is CC[C@]1(C(N)=O)C[C@@H](C)C1. The minimum absolute atomic E-state index is 0.104. The van der Waals surface area contributed by atoms with Crippen molar-refractivity contribution in [1.29, 1.82) is 0 Å². The van der Waals surface area contributed by atoms with Gasteiger partial charge in [-0.1, -0.05) is 13.8 Å². The molecule has 0 spiro atoms. The van der Waals surface area contributed by atoms with Crippen LogP contribution in [-0.2, 0) is 4.79 Å². The van der Waals surface area contributed by atoms with Crippen molar-refractivity contribution < 1.29 is 4.79 Å². The Labute approximate surface area is 61.8 Å². The van der Waals surface area contributed by atoms with Gasteiger partial charge in [-0.3, -0.25) is 4.79 Å². The number of nitrogens with two attached hydrogens (primary N) is 1. The standard InChI is InChI=1S/C8H15NO/c1-3-8(7(9)10)4-6(2)5-8/h6H,3-5H2,1-2H3,(H2,9,10)/t6-,8+. The van der Waals surface area contributed by atoms with Gasteiger partial charge in [0.2, 0.25) is 5.91 Å². The molecule has 1 aliphatic rings. The zero-order chi connectivity index (χ0) is 7.78. The van der Waals surface area contributed by atoms with E-state index in [2.05, 4.69) is 6.92 Å². The number of primary amides is 1. The monoisotopic (exact) mass is 141 g/mol. The lowest BCUT2D eigenvalue weighted by Gasteiger charge is -2.43. The van der Waals surface area contributed by atoms with Crippen LogP contribution in [0, 0.1) is 11.3 Å². The molecule has 2 heteroatoms. The number of carbonyl (C=O) groups excluding carboxylic acids is 1. The van der Waals surface area contributed by atoms with E-state index in [0.29, 0.717) is 5.92 Å². The Bertz CT molecular complexity index is 147. The second-order valence-corrected chi connectivity index (χ2v) is 3.51. The Morgan fingerprint density at radius 1 is 1.70 bits per heavy atom. The topological polar surface area (TPSA) is 43.1 Å². The van der Waals surface area contributed by atoms with Crippen molar-refractivity contribution in [3.63, 3.8) is 0 Å². The maximum absolute atomic E-state index is 10.9. The molecule has 1 rings (SSSR count). The Morgan fingerprint density at radius 2 is 2.20 bits per heavy atom. The molecule has 0 aromatic heterocycles. The minimum atomic E-state index is -0.126. The molecule has 0 aliphatic heterocycles. The average molecular weight is 141 g/mol. The van der Waals surface area contributed by atoms with Gasteiger partial charge in [-0.25, -0.2) is 0 Å². The first-order chi connectivity index (χ1) is 4.60. The van der Waals surface area contributed by atoms with Crippen LogP contribution in [0.5, 0.6) is 0 Å². The molecule has 0 radical (unpaired) electrons. The number of hydrogen-bond donors (Lipinski definition) is 1. The number of amides is 1. The molecule has 0 aromatic rings. The zero-order valence-electron chi connectivity index (χ0n) is 6.68. The largest absolute Gasteiger partial charge is 0.369 e. The van der Waals surface area contributed by atoms with E-state index >= 15 is 0 Å². The third-order valence-electron chi connectivity index (χ3n) is 2.68. The first-order valence-corrected chi connectivity index (χ1v) is 3.90. The highest BCUT2D eigenvalue weighted by Crippen LogP contribution is 2.47. The summed E-state index contributed by atoms with van der Waals surface area (Å²) in [7, 11) is 0. The van der Waals surface area contributed by atoms with Crippen LogP contribution in [0.3, 0.4) is 0 Å². The quantitative estimate of drug-likeness (QED) is 0.618. The van der Waals surface area contributed by atoms with Crippen LogP contribution < -0.4 is 5.73 Å². The summed E-state index contributed by atoms with van der Waals surface area (Å²) in [5.41, 5.74) is 5.14. The first-order valence-electron chi connectivity index (χ1n) is 3.90. The molecular formula is C8H15NO. The van der Waals surface area contributed by atoms with Gasteiger partial charge in [0.25, 0.3) is 0 Å². The molecule has 0 saturated heterocycles. The van der Waals surface area contributed by atoms with Crippen molar-refractivity contribution >= 4 is 5.91 Å². The molecule has 1 amide bonds. The molecule has 2 nitrogen and oxygen atoms in total. The fraction of sp³-hybridized carbons (Fsp3) is 0.875. The second kappa shape index (κ2) is 2.26. The molecule has 0 heterocycles. The predicted molar refractivity (Wildman–Crippen MR) is 40.3 cm³/mol. The lowest BCUT2D eigenvalue weighted by atomic mass is 9.61. The normalized spacial score (nSPS) is 38.8. The van der Waals surface area contributed by atoms with Gasteiger partial charge in [-0.15, -0.1) is 0 Å². The van der Waals surface area contributed by atoms with Crippen LogP contribution in [0.1, 0.15) is 33.1 Å². The van der Waals surface area contributed by atoms with Crippen molar-refractivity contribution in [2.24, 2.45) is 17.1 Å². The Kier molecular flexibility index (Phi) is 1.71. The van der Waals surface area contributed by atoms with E-state index in [0.717, 1.165) is 19.3 Å². The van der Waals surface area contributed by atoms with Crippen molar-refractivity contribution in [1.82, 2.24) is 0 Å². The third-order valence-corrected chi connectivity index (χ3v) is 2.68. The average Bonchev–Trinajstić information content (AvgIpc) is 1.79. The number of carbonyl (C=O) groups is 1. The summed E-state index contributed by atoms with van der Waals surface area (Å²) in [6.07, 6.45) is 2.91. The summed E-state index contributed by atoms with van der Waals surface area (Å²) in [5.74, 6) is 0.598. The maximum Gasteiger partial charge on any atom is 0.223 e. The molecule has 1 fully saturated rings. The van der Waals surface area contributed by atoms with Crippen molar-refractivity contribution in [2.75, 3.05) is 0 Å². The summed E-state index contributed by atoms with van der Waals surface area (Å²) >= 11 is 0. The van der Waals surface area contributed by atoms with Gasteiger partial charge in [-0.05, 0) is 25.2 Å². The Hall–Kier alpha value is -0.530. The summed E-state index contributed by atoms with van der Waals surface area (Å²) in [5, 5.41) is 0. The third kappa shape index (κ3) is 0.917. The molecule has 10 heavy (non-hydrogen) atoms. The Morgan fingerprint density at radius 3 is 2.30 bits per heavy atom. The first kappa shape index (κ1) is 7.58. The fourth-order valence-electron chi connectivity index (χ4n) is 1.94. The second-order valence-electron chi connectivity index (χ2n) is 3.51. The molecule has 1 saturated carbocycles. The van der Waals surface area contributed by atoms with Crippen LogP contribution in [0.25, 0.3) is 0 Å². The number of rotatable bonds is 2. The molecule has 0 unspecified atom stereocenters. The highest BCUT2D eigenvalue weighted by Gasteiger charge is 2.45. The van der Waals surface area contributed by atoms with Crippen molar-refractivity contribution in [2.45, 2.75) is 33.1 Å². The van der Waals surface area contributed by atoms with Gasteiger partial charge in [0.1, 0.15) is 0 Å². The molecule has 0 aromatic carbocycles. The summed E-state index contributed by atoms with van der Waals surface area (Å²) < 4.78 is 0. The summed E-state index contributed by atoms with van der Waals surface area (Å²) in [6, 6.07) is 0. The highest BCUT2D eigenvalue weighted by atomic mass is 16.1. The molecule has 2 N–H and O–H groups in total. The minimum Gasteiger partial charge on any atom is -0.369 e. The van der Waals surface area contributed by atoms with Gasteiger partial charge in [0.05, 0.1) is 0 Å². The maximum atomic E-state index is 10.9. The van der Waals surface area contributed by atoms with E-state index in [1.54, 1.807) is 0 Å². The lowest BCUT2D eigenvalue weighted by molar-refractivity contribution is -0.135. The van der Waals surface area contributed by atoms with Crippen LogP contribution in [0.4, 0.5) is 0 Å². The van der Waals surface area contributed by atoms with Crippen LogP contribution in [0.2, 0.25) is 0 Å². The van der Waals surface area contributed by atoms with Gasteiger partial charge in [-0.2, -0.15) is 0 Å². The van der Waals surface area contributed by atoms with Crippen molar-refractivity contribution in [3.05, 3.63) is 0 Å². The zero-order valence-corrected chi connectivity index (χ0v) is 6.68. The van der Waals surface area contributed by atoms with Crippen LogP contribution in [-0.4, -0.2) is 5.91 Å². The van der Waals surface area contributed by atoms with Gasteiger partial charge in [0.15, 0.2) is 0 Å². The van der Waals surface area contributed by atoms with Gasteiger partial charge in [0, 0.05) is 5.41 Å². The molecule has 0 bridgehead atoms. The molecule has 58 valence electrons. The molecular weight excluding hydrogens is 126 g/mol. The van der Waals surface area contributed by atoms with E-state index in [9.17, 15) is 4.79 Å². The Balaban J connectivity index is 2.56.